The molecule has 0 unspecified atom stereocenters. The lowest BCUT2D eigenvalue weighted by Gasteiger charge is -2.05. The molecule has 20 heavy (non-hydrogen) atoms. The van der Waals surface area contributed by atoms with Gasteiger partial charge in [0.2, 0.25) is 0 Å². The molecule has 0 fully saturated rings. The second kappa shape index (κ2) is 6.75. The third-order valence-electron chi connectivity index (χ3n) is 2.72. The van der Waals surface area contributed by atoms with Gasteiger partial charge in [-0.15, -0.1) is 0 Å². The monoisotopic (exact) mass is 277 g/mol. The Kier molecular flexibility index (Phi) is 4.76. The third-order valence-corrected chi connectivity index (χ3v) is 2.72. The molecule has 0 bridgehead atoms. The van der Waals surface area contributed by atoms with Gasteiger partial charge in [-0.2, -0.15) is 0 Å². The van der Waals surface area contributed by atoms with E-state index in [0.717, 1.165) is 24.1 Å². The van der Waals surface area contributed by atoms with Crippen molar-refractivity contribution in [2.24, 2.45) is 0 Å². The average Bonchev–Trinajstić information content (AvgIpc) is 2.47. The molecule has 0 radical (unpaired) electrons. The van der Waals surface area contributed by atoms with Crippen LogP contribution in [0.15, 0.2) is 42.7 Å². The average molecular weight is 277 g/mol. The summed E-state index contributed by atoms with van der Waals surface area (Å²) >= 11 is 0. The van der Waals surface area contributed by atoms with Gasteiger partial charge in [0.05, 0.1) is 12.2 Å². The van der Waals surface area contributed by atoms with Crippen molar-refractivity contribution in [1.29, 1.82) is 0 Å². The molecule has 0 saturated carbocycles. The van der Waals surface area contributed by atoms with Crippen molar-refractivity contribution in [2.45, 2.75) is 12.8 Å². The maximum Gasteiger partial charge on any atom is 0.338 e. The maximum atomic E-state index is 13.0. The number of carbonyl (C=O) groups is 1. The van der Waals surface area contributed by atoms with E-state index in [-0.39, 0.29) is 12.2 Å². The number of hydrogen-bond acceptors (Lipinski definition) is 3. The van der Waals surface area contributed by atoms with Crippen molar-refractivity contribution in [2.75, 3.05) is 6.61 Å². The number of aromatic nitrogens is 1. The minimum Gasteiger partial charge on any atom is -0.462 e. The zero-order valence-electron chi connectivity index (χ0n) is 10.7. The molecule has 3 nitrogen and oxygen atoms in total. The number of pyridine rings is 1. The molecule has 0 N–H and O–H groups in total. The number of carbonyl (C=O) groups excluding carboxylic acids is 1. The highest BCUT2D eigenvalue weighted by Gasteiger charge is 2.10. The lowest BCUT2D eigenvalue weighted by molar-refractivity contribution is 0.0500. The second-order valence-electron chi connectivity index (χ2n) is 4.23. The Morgan fingerprint density at radius 2 is 2.05 bits per heavy atom. The van der Waals surface area contributed by atoms with Crippen LogP contribution in [0.4, 0.5) is 8.78 Å². The Labute approximate surface area is 115 Å². The Bertz CT molecular complexity index is 588. The Hall–Kier alpha value is -2.30. The molecule has 0 amide bonds. The van der Waals surface area contributed by atoms with Gasteiger partial charge in [0.25, 0.3) is 0 Å². The smallest absolute Gasteiger partial charge is 0.338 e. The van der Waals surface area contributed by atoms with Crippen LogP contribution >= 0.6 is 0 Å². The van der Waals surface area contributed by atoms with Crippen LogP contribution in [0.2, 0.25) is 0 Å². The molecular formula is C15H13F2NO2. The molecule has 1 aromatic carbocycles. The predicted octanol–water partition coefficient (Wildman–Crippen LogP) is 3.15. The minimum absolute atomic E-state index is 0.00489. The van der Waals surface area contributed by atoms with Gasteiger partial charge in [-0.3, -0.25) is 4.98 Å². The van der Waals surface area contributed by atoms with Crippen LogP contribution in [0.5, 0.6) is 0 Å². The van der Waals surface area contributed by atoms with E-state index in [2.05, 4.69) is 4.98 Å². The molecule has 104 valence electrons. The fourth-order valence-corrected chi connectivity index (χ4v) is 1.69. The highest BCUT2D eigenvalue weighted by molar-refractivity contribution is 5.89. The van der Waals surface area contributed by atoms with E-state index in [1.54, 1.807) is 12.4 Å². The molecule has 2 rings (SSSR count). The Balaban J connectivity index is 1.79. The van der Waals surface area contributed by atoms with Gasteiger partial charge in [0, 0.05) is 12.4 Å². The van der Waals surface area contributed by atoms with Crippen LogP contribution in [-0.4, -0.2) is 17.6 Å². The van der Waals surface area contributed by atoms with E-state index in [0.29, 0.717) is 6.42 Å². The van der Waals surface area contributed by atoms with Crippen molar-refractivity contribution in [3.05, 3.63) is 65.5 Å². The van der Waals surface area contributed by atoms with Crippen LogP contribution in [0.25, 0.3) is 0 Å². The zero-order valence-corrected chi connectivity index (χ0v) is 10.7. The number of nitrogens with zero attached hydrogens (tertiary/aromatic N) is 1. The summed E-state index contributed by atoms with van der Waals surface area (Å²) in [6.07, 6.45) is 4.81. The number of esters is 1. The highest BCUT2D eigenvalue weighted by atomic mass is 19.2. The number of halogens is 2. The summed E-state index contributed by atoms with van der Waals surface area (Å²) in [4.78, 5) is 15.6. The largest absolute Gasteiger partial charge is 0.462 e. The van der Waals surface area contributed by atoms with Crippen molar-refractivity contribution in [3.8, 4) is 0 Å². The molecule has 0 aliphatic heterocycles. The first-order valence-electron chi connectivity index (χ1n) is 6.18. The fraction of sp³-hybridized carbons (Fsp3) is 0.200. The molecule has 0 saturated heterocycles. The van der Waals surface area contributed by atoms with Crippen LogP contribution in [0.1, 0.15) is 22.3 Å². The van der Waals surface area contributed by atoms with Crippen LogP contribution < -0.4 is 0 Å². The lowest BCUT2D eigenvalue weighted by Crippen LogP contribution is -2.08. The molecule has 5 heteroatoms. The number of aryl methyl sites for hydroxylation is 1. The summed E-state index contributed by atoms with van der Waals surface area (Å²) in [6.45, 7) is 0.215. The predicted molar refractivity (Wildman–Crippen MR) is 69.2 cm³/mol. The van der Waals surface area contributed by atoms with E-state index in [1.165, 1.54) is 6.07 Å². The SMILES string of the molecule is O=C(OCCCc1cccnc1)c1ccc(F)c(F)c1. The molecule has 0 aliphatic carbocycles. The fourth-order valence-electron chi connectivity index (χ4n) is 1.69. The molecule has 1 heterocycles. The van der Waals surface area contributed by atoms with Crippen LogP contribution in [-0.2, 0) is 11.2 Å². The summed E-state index contributed by atoms with van der Waals surface area (Å²) in [5, 5.41) is 0. The topological polar surface area (TPSA) is 39.2 Å². The normalized spacial score (nSPS) is 10.3. The first-order chi connectivity index (χ1) is 9.66. The summed E-state index contributed by atoms with van der Waals surface area (Å²) < 4.78 is 30.7. The Morgan fingerprint density at radius 3 is 2.75 bits per heavy atom. The quantitative estimate of drug-likeness (QED) is 0.622. The third kappa shape index (κ3) is 3.85. The maximum absolute atomic E-state index is 13.0. The van der Waals surface area contributed by atoms with E-state index in [1.807, 2.05) is 12.1 Å². The van der Waals surface area contributed by atoms with E-state index < -0.39 is 17.6 Å². The second-order valence-corrected chi connectivity index (χ2v) is 4.23. The molecule has 2 aromatic rings. The number of rotatable bonds is 5. The number of benzene rings is 1. The first-order valence-corrected chi connectivity index (χ1v) is 6.18. The van der Waals surface area contributed by atoms with Crippen molar-refractivity contribution >= 4 is 5.97 Å². The van der Waals surface area contributed by atoms with E-state index in [4.69, 9.17) is 4.74 Å². The van der Waals surface area contributed by atoms with Gasteiger partial charge in [0.15, 0.2) is 11.6 Å². The van der Waals surface area contributed by atoms with Gasteiger partial charge in [0.1, 0.15) is 0 Å². The molecule has 0 spiro atoms. The first kappa shape index (κ1) is 14.1. The Morgan fingerprint density at radius 1 is 1.20 bits per heavy atom. The van der Waals surface area contributed by atoms with Gasteiger partial charge in [-0.1, -0.05) is 6.07 Å². The van der Waals surface area contributed by atoms with Crippen molar-refractivity contribution in [1.82, 2.24) is 4.98 Å². The minimum atomic E-state index is -1.06. The lowest BCUT2D eigenvalue weighted by atomic mass is 10.2. The summed E-state index contributed by atoms with van der Waals surface area (Å²) in [5.41, 5.74) is 1.06. The van der Waals surface area contributed by atoms with Crippen molar-refractivity contribution < 1.29 is 18.3 Å². The van der Waals surface area contributed by atoms with Gasteiger partial charge >= 0.3 is 5.97 Å². The van der Waals surface area contributed by atoms with Gasteiger partial charge in [-0.25, -0.2) is 13.6 Å². The molecule has 0 atom stereocenters. The van der Waals surface area contributed by atoms with E-state index >= 15 is 0 Å². The molecular weight excluding hydrogens is 264 g/mol. The zero-order chi connectivity index (χ0) is 14.4. The summed E-state index contributed by atoms with van der Waals surface area (Å²) in [7, 11) is 0. The number of hydrogen-bond donors (Lipinski definition) is 0. The van der Waals surface area contributed by atoms with Crippen molar-refractivity contribution in [3.63, 3.8) is 0 Å². The highest BCUT2D eigenvalue weighted by Crippen LogP contribution is 2.10. The molecule has 0 aliphatic rings. The standard InChI is InChI=1S/C15H13F2NO2/c16-13-6-5-12(9-14(13)17)15(19)20-8-2-4-11-3-1-7-18-10-11/h1,3,5-7,9-10H,2,4,8H2. The van der Waals surface area contributed by atoms with Crippen LogP contribution in [0.3, 0.4) is 0 Å². The van der Waals surface area contributed by atoms with Crippen LogP contribution in [0, 0.1) is 11.6 Å². The summed E-state index contributed by atoms with van der Waals surface area (Å²) in [6, 6.07) is 6.70. The van der Waals surface area contributed by atoms with Gasteiger partial charge < -0.3 is 4.74 Å². The van der Waals surface area contributed by atoms with Gasteiger partial charge in [-0.05, 0) is 42.7 Å². The number of ether oxygens (including phenoxy) is 1. The van der Waals surface area contributed by atoms with E-state index in [9.17, 15) is 13.6 Å². The summed E-state index contributed by atoms with van der Waals surface area (Å²) in [5.74, 6) is -2.71. The molecule has 1 aromatic heterocycles.